The number of unbranched alkanes of at least 4 members (excludes halogenated alkanes) is 15. The standard InChI is InChI=1S/C37H69N2O7P/c1-3-5-7-9-11-13-15-16-17-19-21-23-25-27-29-36(41)35(33-46-47(43,44)45-31-30-38)39-37(42)32-34(40)28-26-24-22-20-18-14-12-10-8-6-4-2/h19-22,26-29,34-36,40-41H,3-18,23-25,30-33,38H2,1-2H3,(H,39,42)(H,43,44)/b21-19+,22-20-,28-26-,29-27+. The summed E-state index contributed by atoms with van der Waals surface area (Å²) in [6.45, 7) is 3.85. The second kappa shape index (κ2) is 32.9. The molecule has 0 bridgehead atoms. The van der Waals surface area contributed by atoms with Crippen LogP contribution in [0.1, 0.15) is 142 Å². The van der Waals surface area contributed by atoms with E-state index in [1.807, 2.05) is 12.2 Å². The molecule has 10 heteroatoms. The number of nitrogens with two attached hydrogens (primary N) is 1. The fourth-order valence-electron chi connectivity index (χ4n) is 4.89. The van der Waals surface area contributed by atoms with E-state index in [2.05, 4.69) is 43.5 Å². The number of aliphatic hydroxyl groups is 2. The summed E-state index contributed by atoms with van der Waals surface area (Å²) in [5.74, 6) is -0.527. The van der Waals surface area contributed by atoms with E-state index in [-0.39, 0.29) is 19.6 Å². The monoisotopic (exact) mass is 684 g/mol. The highest BCUT2D eigenvalue weighted by atomic mass is 31.2. The minimum atomic E-state index is -4.41. The van der Waals surface area contributed by atoms with Crippen LogP contribution in [0.2, 0.25) is 0 Å². The van der Waals surface area contributed by atoms with Crippen LogP contribution in [0.25, 0.3) is 0 Å². The lowest BCUT2D eigenvalue weighted by atomic mass is 10.1. The molecule has 0 aliphatic rings. The Balaban J connectivity index is 4.64. The van der Waals surface area contributed by atoms with Crippen molar-refractivity contribution in [2.75, 3.05) is 19.8 Å². The van der Waals surface area contributed by atoms with E-state index in [1.54, 1.807) is 6.08 Å². The smallest absolute Gasteiger partial charge is 0.389 e. The van der Waals surface area contributed by atoms with Gasteiger partial charge in [-0.15, -0.1) is 0 Å². The highest BCUT2D eigenvalue weighted by Crippen LogP contribution is 2.43. The van der Waals surface area contributed by atoms with Gasteiger partial charge in [0, 0.05) is 6.54 Å². The van der Waals surface area contributed by atoms with E-state index in [4.69, 9.17) is 14.8 Å². The van der Waals surface area contributed by atoms with Gasteiger partial charge in [-0.3, -0.25) is 13.8 Å². The molecule has 9 nitrogen and oxygen atoms in total. The van der Waals surface area contributed by atoms with Crippen molar-refractivity contribution in [2.45, 2.75) is 161 Å². The molecule has 0 heterocycles. The number of phosphoric ester groups is 1. The lowest BCUT2D eigenvalue weighted by Crippen LogP contribution is -2.46. The van der Waals surface area contributed by atoms with Crippen molar-refractivity contribution in [3.63, 3.8) is 0 Å². The minimum absolute atomic E-state index is 0.0351. The number of amides is 1. The first-order chi connectivity index (χ1) is 22.8. The number of hydrogen-bond acceptors (Lipinski definition) is 7. The van der Waals surface area contributed by atoms with Gasteiger partial charge in [0.25, 0.3) is 0 Å². The van der Waals surface area contributed by atoms with Gasteiger partial charge in [0.1, 0.15) is 0 Å². The Kier molecular flexibility index (Phi) is 31.8. The number of rotatable bonds is 33. The van der Waals surface area contributed by atoms with Crippen LogP contribution in [0.4, 0.5) is 0 Å². The predicted octanol–water partition coefficient (Wildman–Crippen LogP) is 8.35. The SMILES string of the molecule is CCCCCCCC/C=C\C/C=C\C(O)CC(=O)NC(COP(=O)(O)OCCN)C(O)/C=C/CC/C=C/CCCCCCCCCC. The van der Waals surface area contributed by atoms with Crippen LogP contribution in [0.5, 0.6) is 0 Å². The number of allylic oxidation sites excluding steroid dienone is 6. The normalized spacial score (nSPS) is 15.6. The number of hydrogen-bond donors (Lipinski definition) is 5. The van der Waals surface area contributed by atoms with Crippen LogP contribution in [0.3, 0.4) is 0 Å². The zero-order chi connectivity index (χ0) is 34.9. The minimum Gasteiger partial charge on any atom is -0.389 e. The van der Waals surface area contributed by atoms with Gasteiger partial charge < -0.3 is 26.2 Å². The first-order valence-corrected chi connectivity index (χ1v) is 19.9. The molecule has 4 atom stereocenters. The van der Waals surface area contributed by atoms with Crippen LogP contribution in [0, 0.1) is 0 Å². The molecule has 0 aliphatic carbocycles. The first kappa shape index (κ1) is 45.4. The van der Waals surface area contributed by atoms with Crippen molar-refractivity contribution >= 4 is 13.7 Å². The molecule has 0 fully saturated rings. The number of phosphoric acid groups is 1. The average molecular weight is 685 g/mol. The second-order valence-corrected chi connectivity index (χ2v) is 13.7. The Morgan fingerprint density at radius 1 is 0.723 bits per heavy atom. The van der Waals surface area contributed by atoms with Crippen LogP contribution in [-0.2, 0) is 18.4 Å². The average Bonchev–Trinajstić information content (AvgIpc) is 3.04. The largest absolute Gasteiger partial charge is 0.472 e. The number of carbonyl (C=O) groups excluding carboxylic acids is 1. The van der Waals surface area contributed by atoms with Gasteiger partial charge in [-0.05, 0) is 44.9 Å². The van der Waals surface area contributed by atoms with Crippen LogP contribution >= 0.6 is 7.82 Å². The molecule has 0 rings (SSSR count). The molecule has 0 aromatic rings. The fraction of sp³-hybridized carbons (Fsp3) is 0.757. The summed E-state index contributed by atoms with van der Waals surface area (Å²) in [5, 5.41) is 23.7. The molecule has 1 amide bonds. The molecule has 0 aromatic heterocycles. The van der Waals surface area contributed by atoms with Gasteiger partial charge in [-0.1, -0.05) is 140 Å². The summed E-state index contributed by atoms with van der Waals surface area (Å²) in [7, 11) is -4.41. The molecule has 6 N–H and O–H groups in total. The van der Waals surface area contributed by atoms with Crippen molar-refractivity contribution in [3.05, 3.63) is 48.6 Å². The zero-order valence-corrected chi connectivity index (χ0v) is 30.5. The van der Waals surface area contributed by atoms with Crippen LogP contribution in [-0.4, -0.2) is 59.0 Å². The van der Waals surface area contributed by atoms with Gasteiger partial charge in [0.2, 0.25) is 5.91 Å². The number of aliphatic hydroxyl groups excluding tert-OH is 2. The molecule has 0 spiro atoms. The zero-order valence-electron chi connectivity index (χ0n) is 29.6. The maximum atomic E-state index is 12.7. The number of carbonyl (C=O) groups is 1. The molecule has 4 unspecified atom stereocenters. The molecule has 0 aliphatic heterocycles. The topological polar surface area (TPSA) is 151 Å². The van der Waals surface area contributed by atoms with E-state index < -0.39 is 38.6 Å². The molecule has 47 heavy (non-hydrogen) atoms. The Hall–Kier alpha value is -1.58. The van der Waals surface area contributed by atoms with Crippen molar-refractivity contribution in [1.82, 2.24) is 5.32 Å². The van der Waals surface area contributed by atoms with Gasteiger partial charge in [-0.2, -0.15) is 0 Å². The van der Waals surface area contributed by atoms with Crippen LogP contribution in [0.15, 0.2) is 48.6 Å². The fourth-order valence-corrected chi connectivity index (χ4v) is 5.65. The lowest BCUT2D eigenvalue weighted by molar-refractivity contribution is -0.124. The first-order valence-electron chi connectivity index (χ1n) is 18.4. The van der Waals surface area contributed by atoms with Crippen molar-refractivity contribution in [2.24, 2.45) is 5.73 Å². The molecular weight excluding hydrogens is 615 g/mol. The summed E-state index contributed by atoms with van der Waals surface area (Å²) in [6, 6.07) is -1.03. The Labute approximate surface area is 286 Å². The summed E-state index contributed by atoms with van der Waals surface area (Å²) >= 11 is 0. The molecule has 0 aromatic carbocycles. The van der Waals surface area contributed by atoms with Crippen molar-refractivity contribution in [3.8, 4) is 0 Å². The Morgan fingerprint density at radius 2 is 1.26 bits per heavy atom. The summed E-state index contributed by atoms with van der Waals surface area (Å²) < 4.78 is 21.9. The Morgan fingerprint density at radius 3 is 1.85 bits per heavy atom. The molecule has 0 saturated heterocycles. The second-order valence-electron chi connectivity index (χ2n) is 12.3. The summed E-state index contributed by atoms with van der Waals surface area (Å²) in [5.41, 5.74) is 5.33. The third-order valence-electron chi connectivity index (χ3n) is 7.69. The van der Waals surface area contributed by atoms with Crippen molar-refractivity contribution < 1.29 is 33.5 Å². The summed E-state index contributed by atoms with van der Waals surface area (Å²) in [6.07, 6.45) is 35.1. The Bertz CT molecular complexity index is 894. The maximum Gasteiger partial charge on any atom is 0.472 e. The van der Waals surface area contributed by atoms with E-state index in [1.165, 1.54) is 96.0 Å². The third kappa shape index (κ3) is 31.4. The third-order valence-corrected chi connectivity index (χ3v) is 8.67. The lowest BCUT2D eigenvalue weighted by Gasteiger charge is -2.23. The van der Waals surface area contributed by atoms with Gasteiger partial charge in [0.15, 0.2) is 0 Å². The van der Waals surface area contributed by atoms with Crippen LogP contribution < -0.4 is 11.1 Å². The quantitative estimate of drug-likeness (QED) is 0.0263. The van der Waals surface area contributed by atoms with Gasteiger partial charge in [0.05, 0.1) is 37.9 Å². The van der Waals surface area contributed by atoms with Gasteiger partial charge in [-0.25, -0.2) is 4.57 Å². The number of nitrogens with one attached hydrogen (secondary N) is 1. The van der Waals surface area contributed by atoms with E-state index in [0.29, 0.717) is 12.8 Å². The maximum absolute atomic E-state index is 12.7. The molecular formula is C37H69N2O7P. The predicted molar refractivity (Wildman–Crippen MR) is 195 cm³/mol. The van der Waals surface area contributed by atoms with Gasteiger partial charge >= 0.3 is 7.82 Å². The highest BCUT2D eigenvalue weighted by molar-refractivity contribution is 7.47. The van der Waals surface area contributed by atoms with Crippen molar-refractivity contribution in [1.29, 1.82) is 0 Å². The van der Waals surface area contributed by atoms with E-state index >= 15 is 0 Å². The molecule has 274 valence electrons. The highest BCUT2D eigenvalue weighted by Gasteiger charge is 2.27. The molecule has 0 saturated carbocycles. The van der Waals surface area contributed by atoms with E-state index in [0.717, 1.165) is 19.3 Å². The molecule has 0 radical (unpaired) electrons. The summed E-state index contributed by atoms with van der Waals surface area (Å²) in [4.78, 5) is 22.5. The van der Waals surface area contributed by atoms with E-state index in [9.17, 15) is 24.5 Å².